The van der Waals surface area contributed by atoms with E-state index in [9.17, 15) is 19.3 Å². The van der Waals surface area contributed by atoms with Crippen LogP contribution in [0.1, 0.15) is 16.7 Å². The van der Waals surface area contributed by atoms with Crippen molar-refractivity contribution in [1.29, 1.82) is 0 Å². The van der Waals surface area contributed by atoms with Gasteiger partial charge in [0.25, 0.3) is 0 Å². The summed E-state index contributed by atoms with van der Waals surface area (Å²) in [6.45, 7) is 1.72. The van der Waals surface area contributed by atoms with Gasteiger partial charge in [-0.2, -0.15) is 9.49 Å². The Labute approximate surface area is 168 Å². The van der Waals surface area contributed by atoms with Crippen molar-refractivity contribution in [3.05, 3.63) is 97.8 Å². The van der Waals surface area contributed by atoms with Crippen molar-refractivity contribution in [2.45, 2.75) is 13.3 Å². The molecule has 2 heterocycles. The third kappa shape index (κ3) is 3.60. The molecule has 30 heavy (non-hydrogen) atoms. The van der Waals surface area contributed by atoms with E-state index < -0.39 is 22.1 Å². The van der Waals surface area contributed by atoms with Crippen LogP contribution in [0.4, 0.5) is 10.1 Å². The van der Waals surface area contributed by atoms with E-state index in [0.29, 0.717) is 22.3 Å². The number of nitro benzene ring substituents is 1. The van der Waals surface area contributed by atoms with Gasteiger partial charge in [0.15, 0.2) is 0 Å². The molecular formula is C21H14FN3O5. The van der Waals surface area contributed by atoms with Crippen LogP contribution >= 0.6 is 0 Å². The molecule has 0 N–H and O–H groups in total. The number of aromatic nitrogens is 2. The first-order valence-electron chi connectivity index (χ1n) is 8.87. The number of hydrogen-bond donors (Lipinski definition) is 0. The summed E-state index contributed by atoms with van der Waals surface area (Å²) in [5.74, 6) is -0.272. The van der Waals surface area contributed by atoms with Gasteiger partial charge >= 0.3 is 11.3 Å². The molecule has 0 aliphatic carbocycles. The average Bonchev–Trinajstić information content (AvgIpc) is 2.72. The highest BCUT2D eigenvalue weighted by Crippen LogP contribution is 2.28. The van der Waals surface area contributed by atoms with Gasteiger partial charge in [0, 0.05) is 41.8 Å². The highest BCUT2D eigenvalue weighted by molar-refractivity contribution is 5.82. The lowest BCUT2D eigenvalue weighted by molar-refractivity contribution is -0.387. The van der Waals surface area contributed by atoms with Crippen LogP contribution in [0, 0.1) is 22.9 Å². The summed E-state index contributed by atoms with van der Waals surface area (Å²) in [5.41, 5.74) is -0.130. The summed E-state index contributed by atoms with van der Waals surface area (Å²) >= 11 is 0. The summed E-state index contributed by atoms with van der Waals surface area (Å²) in [6, 6.07) is 12.1. The van der Waals surface area contributed by atoms with Gasteiger partial charge in [-0.15, -0.1) is 5.10 Å². The Hall–Kier alpha value is -4.14. The fourth-order valence-corrected chi connectivity index (χ4v) is 3.14. The SMILES string of the molecule is Cc1c(Cc2cccc([N+](=O)[O-])c2F)c(=O)oc2cc(Oc3cccnn3)ccc12. The molecule has 4 aromatic rings. The third-order valence-corrected chi connectivity index (χ3v) is 4.65. The third-order valence-electron chi connectivity index (χ3n) is 4.65. The highest BCUT2D eigenvalue weighted by atomic mass is 19.1. The molecule has 0 spiro atoms. The van der Waals surface area contributed by atoms with Crippen LogP contribution in [0.15, 0.2) is 63.9 Å². The van der Waals surface area contributed by atoms with Gasteiger partial charge in [0.2, 0.25) is 11.7 Å². The number of nitro groups is 1. The van der Waals surface area contributed by atoms with Gasteiger partial charge in [0.05, 0.1) is 4.92 Å². The lowest BCUT2D eigenvalue weighted by Gasteiger charge is -2.10. The number of aryl methyl sites for hydroxylation is 1. The van der Waals surface area contributed by atoms with Crippen LogP contribution in [0.3, 0.4) is 0 Å². The van der Waals surface area contributed by atoms with Gasteiger partial charge in [-0.1, -0.05) is 12.1 Å². The summed E-state index contributed by atoms with van der Waals surface area (Å²) < 4.78 is 25.5. The van der Waals surface area contributed by atoms with Crippen molar-refractivity contribution in [2.75, 3.05) is 0 Å². The minimum absolute atomic E-state index is 0.0431. The van der Waals surface area contributed by atoms with Crippen LogP contribution in [-0.4, -0.2) is 15.1 Å². The number of halogens is 1. The molecule has 0 aliphatic rings. The minimum atomic E-state index is -0.964. The largest absolute Gasteiger partial charge is 0.437 e. The lowest BCUT2D eigenvalue weighted by atomic mass is 9.99. The summed E-state index contributed by atoms with van der Waals surface area (Å²) in [4.78, 5) is 22.7. The molecule has 9 heteroatoms. The van der Waals surface area contributed by atoms with Crippen molar-refractivity contribution in [1.82, 2.24) is 10.2 Å². The molecule has 2 aromatic carbocycles. The first kappa shape index (κ1) is 19.2. The number of benzene rings is 2. The van der Waals surface area contributed by atoms with Crippen molar-refractivity contribution < 1.29 is 18.5 Å². The van der Waals surface area contributed by atoms with E-state index in [4.69, 9.17) is 9.15 Å². The predicted molar refractivity (Wildman–Crippen MR) is 105 cm³/mol. The van der Waals surface area contributed by atoms with E-state index in [-0.39, 0.29) is 23.4 Å². The molecule has 0 bridgehead atoms. The zero-order chi connectivity index (χ0) is 21.3. The summed E-state index contributed by atoms with van der Waals surface area (Å²) in [6.07, 6.45) is 1.39. The molecule has 2 aromatic heterocycles. The van der Waals surface area contributed by atoms with E-state index in [1.165, 1.54) is 18.3 Å². The van der Waals surface area contributed by atoms with E-state index in [2.05, 4.69) is 10.2 Å². The molecule has 4 rings (SSSR count). The lowest BCUT2D eigenvalue weighted by Crippen LogP contribution is -2.12. The van der Waals surface area contributed by atoms with Gasteiger partial charge < -0.3 is 9.15 Å². The zero-order valence-electron chi connectivity index (χ0n) is 15.7. The first-order valence-corrected chi connectivity index (χ1v) is 8.87. The molecule has 0 saturated heterocycles. The standard InChI is InChI=1S/C21H14FN3O5/c1-12-15-8-7-14(29-19-6-3-9-23-24-19)11-18(15)30-21(26)16(12)10-13-4-2-5-17(20(13)22)25(27)28/h2-9,11H,10H2,1H3. The maximum Gasteiger partial charge on any atom is 0.340 e. The fraction of sp³-hybridized carbons (Fsp3) is 0.0952. The van der Waals surface area contributed by atoms with E-state index >= 15 is 0 Å². The fourth-order valence-electron chi connectivity index (χ4n) is 3.14. The molecule has 150 valence electrons. The molecule has 0 aliphatic heterocycles. The van der Waals surface area contributed by atoms with Crippen molar-refractivity contribution >= 4 is 16.7 Å². The molecular weight excluding hydrogens is 393 g/mol. The Morgan fingerprint density at radius 3 is 2.77 bits per heavy atom. The molecule has 0 saturated carbocycles. The second-order valence-corrected chi connectivity index (χ2v) is 6.50. The maximum absolute atomic E-state index is 14.4. The second-order valence-electron chi connectivity index (χ2n) is 6.50. The van der Waals surface area contributed by atoms with Gasteiger partial charge in [-0.05, 0) is 36.2 Å². The average molecular weight is 407 g/mol. The molecule has 8 nitrogen and oxygen atoms in total. The molecule has 0 fully saturated rings. The number of hydrogen-bond acceptors (Lipinski definition) is 7. The maximum atomic E-state index is 14.4. The van der Waals surface area contributed by atoms with E-state index in [0.717, 1.165) is 6.07 Å². The zero-order valence-corrected chi connectivity index (χ0v) is 15.7. The Kier molecular flexibility index (Phi) is 4.93. The van der Waals surface area contributed by atoms with Crippen LogP contribution in [-0.2, 0) is 6.42 Å². The number of fused-ring (bicyclic) bond motifs is 1. The molecule has 0 unspecified atom stereocenters. The quantitative estimate of drug-likeness (QED) is 0.275. The summed E-state index contributed by atoms with van der Waals surface area (Å²) in [7, 11) is 0. The van der Waals surface area contributed by atoms with E-state index in [1.54, 1.807) is 37.3 Å². The number of rotatable bonds is 5. The Bertz CT molecular complexity index is 1320. The van der Waals surface area contributed by atoms with Crippen LogP contribution in [0.2, 0.25) is 0 Å². The highest BCUT2D eigenvalue weighted by Gasteiger charge is 2.20. The second kappa shape index (κ2) is 7.70. The van der Waals surface area contributed by atoms with Crippen LogP contribution in [0.25, 0.3) is 11.0 Å². The predicted octanol–water partition coefficient (Wildman–Crippen LogP) is 4.32. The number of ether oxygens (including phenoxy) is 1. The van der Waals surface area contributed by atoms with Crippen LogP contribution in [0.5, 0.6) is 11.6 Å². The minimum Gasteiger partial charge on any atom is -0.437 e. The molecule has 0 amide bonds. The van der Waals surface area contributed by atoms with Crippen LogP contribution < -0.4 is 10.4 Å². The van der Waals surface area contributed by atoms with E-state index in [1.807, 2.05) is 0 Å². The normalized spacial score (nSPS) is 10.9. The monoisotopic (exact) mass is 407 g/mol. The van der Waals surface area contributed by atoms with Crippen molar-refractivity contribution in [3.63, 3.8) is 0 Å². The Morgan fingerprint density at radius 2 is 2.03 bits per heavy atom. The first-order chi connectivity index (χ1) is 14.4. The Morgan fingerprint density at radius 1 is 1.20 bits per heavy atom. The number of nitrogens with zero attached hydrogens (tertiary/aromatic N) is 3. The molecule has 0 radical (unpaired) electrons. The van der Waals surface area contributed by atoms with Gasteiger partial charge in [-0.25, -0.2) is 4.79 Å². The Balaban J connectivity index is 1.72. The molecule has 0 atom stereocenters. The van der Waals surface area contributed by atoms with Crippen molar-refractivity contribution in [2.24, 2.45) is 0 Å². The topological polar surface area (TPSA) is 108 Å². The van der Waals surface area contributed by atoms with Crippen molar-refractivity contribution in [3.8, 4) is 11.6 Å². The summed E-state index contributed by atoms with van der Waals surface area (Å²) in [5, 5.41) is 19.2. The van der Waals surface area contributed by atoms with Gasteiger partial charge in [-0.3, -0.25) is 10.1 Å². The smallest absolute Gasteiger partial charge is 0.340 e. The van der Waals surface area contributed by atoms with Gasteiger partial charge in [0.1, 0.15) is 11.3 Å².